The van der Waals surface area contributed by atoms with Crippen molar-refractivity contribution in [3.05, 3.63) is 0 Å². The van der Waals surface area contributed by atoms with Crippen LogP contribution in [0.15, 0.2) is 0 Å². The molecule has 51 heavy (non-hydrogen) atoms. The van der Waals surface area contributed by atoms with Gasteiger partial charge < -0.3 is 15.2 Å². The summed E-state index contributed by atoms with van der Waals surface area (Å²) in [6, 6.07) is -1.01. The third-order valence-corrected chi connectivity index (χ3v) is 10.7. The molecule has 6 heteroatoms. The molecular formula is C45H87NO5. The first-order valence-corrected chi connectivity index (χ1v) is 22.6. The van der Waals surface area contributed by atoms with Crippen molar-refractivity contribution in [2.24, 2.45) is 5.73 Å². The first-order valence-electron chi connectivity index (χ1n) is 22.6. The molecule has 0 aromatic rings. The van der Waals surface area contributed by atoms with Crippen molar-refractivity contribution in [3.8, 4) is 0 Å². The third-order valence-electron chi connectivity index (χ3n) is 10.7. The van der Waals surface area contributed by atoms with E-state index in [-0.39, 0.29) is 25.2 Å². The van der Waals surface area contributed by atoms with E-state index in [1.54, 1.807) is 0 Å². The van der Waals surface area contributed by atoms with Crippen molar-refractivity contribution >= 4 is 17.9 Å². The van der Waals surface area contributed by atoms with E-state index in [2.05, 4.69) is 27.7 Å². The summed E-state index contributed by atoms with van der Waals surface area (Å²) in [6.45, 7) is 8.99. The Hall–Kier alpha value is -1.43. The van der Waals surface area contributed by atoms with Gasteiger partial charge in [0.25, 0.3) is 0 Å². The molecule has 0 aromatic heterocycles. The SMILES string of the molecule is CCCCCCCCCCCC(=O)OC(=O)[C@@H](N)CCC(=O)OC(CCCCCCCC)(CCCCCCCC)CCCCCCCCCCC. The molecule has 0 unspecified atom stereocenters. The number of carbonyl (C=O) groups is 3. The summed E-state index contributed by atoms with van der Waals surface area (Å²) >= 11 is 0. The fourth-order valence-electron chi connectivity index (χ4n) is 7.24. The minimum atomic E-state index is -1.01. The highest BCUT2D eigenvalue weighted by Gasteiger charge is 2.33. The van der Waals surface area contributed by atoms with Crippen molar-refractivity contribution in [3.63, 3.8) is 0 Å². The molecule has 0 saturated heterocycles. The lowest BCUT2D eigenvalue weighted by Crippen LogP contribution is -2.37. The summed E-state index contributed by atoms with van der Waals surface area (Å²) < 4.78 is 11.5. The topological polar surface area (TPSA) is 95.7 Å². The molecule has 0 aromatic carbocycles. The zero-order valence-electron chi connectivity index (χ0n) is 34.7. The number of nitrogens with two attached hydrogens (primary N) is 1. The molecule has 0 aliphatic rings. The van der Waals surface area contributed by atoms with Gasteiger partial charge in [-0.3, -0.25) is 9.59 Å². The van der Waals surface area contributed by atoms with Gasteiger partial charge in [0.05, 0.1) is 0 Å². The Labute approximate surface area is 317 Å². The standard InChI is InChI=1S/C45H87NO5/c1-5-9-13-17-21-23-25-27-31-35-42(47)50-44(49)41(46)36-37-43(48)51-45(38-32-28-19-15-11-7-3,39-33-29-20-16-12-8-4)40-34-30-26-24-22-18-14-10-6-2/h41H,5-40,46H2,1-4H3/t41-/m0/s1. The third kappa shape index (κ3) is 31.8. The first-order chi connectivity index (χ1) is 24.8. The number of hydrogen-bond donors (Lipinski definition) is 1. The lowest BCUT2D eigenvalue weighted by molar-refractivity contribution is -0.163. The molecule has 0 spiro atoms. The molecule has 1 atom stereocenters. The zero-order chi connectivity index (χ0) is 37.7. The van der Waals surface area contributed by atoms with Gasteiger partial charge in [-0.15, -0.1) is 0 Å². The predicted molar refractivity (Wildman–Crippen MR) is 217 cm³/mol. The minimum Gasteiger partial charge on any atom is -0.459 e. The Balaban J connectivity index is 5.04. The van der Waals surface area contributed by atoms with Gasteiger partial charge in [-0.05, 0) is 51.4 Å². The number of rotatable bonds is 39. The Bertz CT molecular complexity index is 783. The number of unbranched alkanes of at least 4 members (excludes halogenated alkanes) is 26. The quantitative estimate of drug-likeness (QED) is 0.0386. The van der Waals surface area contributed by atoms with Crippen LogP contribution < -0.4 is 5.73 Å². The second kappa shape index (κ2) is 36.9. The van der Waals surface area contributed by atoms with Gasteiger partial charge in [0.2, 0.25) is 0 Å². The van der Waals surface area contributed by atoms with Crippen LogP contribution in [-0.2, 0) is 23.9 Å². The summed E-state index contributed by atoms with van der Waals surface area (Å²) in [5.74, 6) is -1.52. The van der Waals surface area contributed by atoms with Crippen molar-refractivity contribution in [2.75, 3.05) is 0 Å². The molecule has 0 heterocycles. The van der Waals surface area contributed by atoms with E-state index in [1.165, 1.54) is 154 Å². The average Bonchev–Trinajstić information content (AvgIpc) is 3.12. The predicted octanol–water partition coefficient (Wildman–Crippen LogP) is 13.8. The number of ether oxygens (including phenoxy) is 2. The van der Waals surface area contributed by atoms with Crippen LogP contribution in [-0.4, -0.2) is 29.6 Å². The summed E-state index contributed by atoms with van der Waals surface area (Å²) in [7, 11) is 0. The second-order valence-electron chi connectivity index (χ2n) is 15.8. The summed E-state index contributed by atoms with van der Waals surface area (Å²) in [5.41, 5.74) is 5.69. The van der Waals surface area contributed by atoms with E-state index in [0.717, 1.165) is 57.8 Å². The van der Waals surface area contributed by atoms with Gasteiger partial charge in [-0.1, -0.05) is 195 Å². The molecule has 0 bridgehead atoms. The largest absolute Gasteiger partial charge is 0.459 e. The van der Waals surface area contributed by atoms with Crippen molar-refractivity contribution in [1.29, 1.82) is 0 Å². The van der Waals surface area contributed by atoms with Crippen LogP contribution in [0.2, 0.25) is 0 Å². The lowest BCUT2D eigenvalue weighted by atomic mass is 9.84. The van der Waals surface area contributed by atoms with Gasteiger partial charge in [-0.25, -0.2) is 4.79 Å². The van der Waals surface area contributed by atoms with Crippen molar-refractivity contribution in [2.45, 2.75) is 270 Å². The maximum atomic E-state index is 13.4. The van der Waals surface area contributed by atoms with Crippen molar-refractivity contribution in [1.82, 2.24) is 0 Å². The van der Waals surface area contributed by atoms with Gasteiger partial charge in [-0.2, -0.15) is 0 Å². The Morgan fingerprint density at radius 2 is 0.745 bits per heavy atom. The van der Waals surface area contributed by atoms with Gasteiger partial charge in [0, 0.05) is 12.8 Å². The molecule has 2 N–H and O–H groups in total. The molecule has 0 amide bonds. The van der Waals surface area contributed by atoms with E-state index >= 15 is 0 Å². The van der Waals surface area contributed by atoms with Crippen LogP contribution in [0.5, 0.6) is 0 Å². The number of esters is 3. The Morgan fingerprint density at radius 1 is 0.431 bits per heavy atom. The van der Waals surface area contributed by atoms with Crippen LogP contribution in [0, 0.1) is 0 Å². The van der Waals surface area contributed by atoms with Gasteiger partial charge >= 0.3 is 17.9 Å². The lowest BCUT2D eigenvalue weighted by Gasteiger charge is -2.34. The summed E-state index contributed by atoms with van der Waals surface area (Å²) in [6.07, 6.45) is 39.6. The average molecular weight is 722 g/mol. The monoisotopic (exact) mass is 722 g/mol. The van der Waals surface area contributed by atoms with Crippen molar-refractivity contribution < 1.29 is 23.9 Å². The van der Waals surface area contributed by atoms with Gasteiger partial charge in [0.15, 0.2) is 0 Å². The minimum absolute atomic E-state index is 0.0647. The van der Waals surface area contributed by atoms with E-state index in [4.69, 9.17) is 15.2 Å². The maximum absolute atomic E-state index is 13.4. The van der Waals surface area contributed by atoms with Crippen LogP contribution in [0.3, 0.4) is 0 Å². The van der Waals surface area contributed by atoms with Crippen LogP contribution in [0.4, 0.5) is 0 Å². The highest BCUT2D eigenvalue weighted by Crippen LogP contribution is 2.34. The Kier molecular flexibility index (Phi) is 35.9. The van der Waals surface area contributed by atoms with Crippen LogP contribution in [0.25, 0.3) is 0 Å². The number of carbonyl (C=O) groups excluding carboxylic acids is 3. The van der Waals surface area contributed by atoms with E-state index < -0.39 is 23.6 Å². The second-order valence-corrected chi connectivity index (χ2v) is 15.8. The molecule has 0 fully saturated rings. The fraction of sp³-hybridized carbons (Fsp3) is 0.933. The molecule has 6 nitrogen and oxygen atoms in total. The molecule has 0 aliphatic carbocycles. The van der Waals surface area contributed by atoms with Gasteiger partial charge in [0.1, 0.15) is 11.6 Å². The summed E-state index contributed by atoms with van der Waals surface area (Å²) in [4.78, 5) is 38.3. The van der Waals surface area contributed by atoms with Crippen LogP contribution >= 0.6 is 0 Å². The smallest absolute Gasteiger partial charge is 0.330 e. The maximum Gasteiger partial charge on any atom is 0.330 e. The molecule has 0 saturated carbocycles. The Morgan fingerprint density at radius 3 is 1.10 bits per heavy atom. The highest BCUT2D eigenvalue weighted by molar-refractivity contribution is 5.88. The number of hydrogen-bond acceptors (Lipinski definition) is 6. The molecule has 302 valence electrons. The zero-order valence-corrected chi connectivity index (χ0v) is 34.7. The fourth-order valence-corrected chi connectivity index (χ4v) is 7.24. The molecular weight excluding hydrogens is 634 g/mol. The molecule has 0 rings (SSSR count). The van der Waals surface area contributed by atoms with Crippen LogP contribution in [0.1, 0.15) is 259 Å². The van der Waals surface area contributed by atoms with E-state index in [1.807, 2.05) is 0 Å². The molecule has 0 aliphatic heterocycles. The van der Waals surface area contributed by atoms with E-state index in [9.17, 15) is 14.4 Å². The molecule has 0 radical (unpaired) electrons. The first kappa shape index (κ1) is 49.6. The highest BCUT2D eigenvalue weighted by atomic mass is 16.6. The normalized spacial score (nSPS) is 12.3. The summed E-state index contributed by atoms with van der Waals surface area (Å²) in [5, 5.41) is 0. The van der Waals surface area contributed by atoms with E-state index in [0.29, 0.717) is 0 Å².